The molecule has 0 spiro atoms. The first-order valence-corrected chi connectivity index (χ1v) is 5.32. The number of nitrogens with zero attached hydrogens (tertiary/aromatic N) is 1. The zero-order valence-electron chi connectivity index (χ0n) is 9.20. The number of hydrogen-bond donors (Lipinski definition) is 2. The highest BCUT2D eigenvalue weighted by atomic mass is 16.5. The molecule has 14 heavy (non-hydrogen) atoms. The summed E-state index contributed by atoms with van der Waals surface area (Å²) >= 11 is 0. The van der Waals surface area contributed by atoms with Crippen molar-refractivity contribution >= 4 is 0 Å². The number of nitrogens with one attached hydrogen (secondary N) is 1. The first kappa shape index (κ1) is 11.9. The Bertz CT molecular complexity index is 149. The molecule has 2 atom stereocenters. The normalized spacial score (nSPS) is 25.3. The molecule has 1 rings (SSSR count). The average Bonchev–Trinajstić information content (AvgIpc) is 2.19. The number of hydrogen-bond acceptors (Lipinski definition) is 4. The second-order valence-electron chi connectivity index (χ2n) is 4.05. The molecule has 0 aromatic heterocycles. The lowest BCUT2D eigenvalue weighted by molar-refractivity contribution is 0.0315. The number of methoxy groups -OCH3 is 1. The summed E-state index contributed by atoms with van der Waals surface area (Å²) in [6.45, 7) is 3.28. The molecular formula is C10H22N2O2. The molecule has 1 aliphatic heterocycles. The van der Waals surface area contributed by atoms with Gasteiger partial charge in [-0.3, -0.25) is 4.90 Å². The molecule has 0 radical (unpaired) electrons. The molecule has 0 aromatic carbocycles. The molecule has 0 saturated carbocycles. The first-order valence-electron chi connectivity index (χ1n) is 5.32. The second kappa shape index (κ2) is 6.35. The van der Waals surface area contributed by atoms with Crippen molar-refractivity contribution < 1.29 is 9.84 Å². The maximum Gasteiger partial charge on any atom is 0.0900 e. The van der Waals surface area contributed by atoms with Crippen LogP contribution in [0, 0.1) is 0 Å². The molecule has 1 heterocycles. The number of aliphatic hydroxyl groups is 1. The Balaban J connectivity index is 2.21. The van der Waals surface area contributed by atoms with Crippen LogP contribution in [0.4, 0.5) is 0 Å². The Morgan fingerprint density at radius 1 is 1.64 bits per heavy atom. The van der Waals surface area contributed by atoms with Gasteiger partial charge in [-0.05, 0) is 26.4 Å². The summed E-state index contributed by atoms with van der Waals surface area (Å²) in [5.41, 5.74) is 0. The molecule has 0 amide bonds. The van der Waals surface area contributed by atoms with Crippen molar-refractivity contribution in [2.75, 3.05) is 40.4 Å². The van der Waals surface area contributed by atoms with Crippen LogP contribution >= 0.6 is 0 Å². The fourth-order valence-corrected chi connectivity index (χ4v) is 1.94. The topological polar surface area (TPSA) is 44.7 Å². The van der Waals surface area contributed by atoms with Crippen molar-refractivity contribution in [3.63, 3.8) is 0 Å². The van der Waals surface area contributed by atoms with E-state index in [0.29, 0.717) is 19.2 Å². The van der Waals surface area contributed by atoms with E-state index in [-0.39, 0.29) is 6.10 Å². The molecule has 4 heteroatoms. The van der Waals surface area contributed by atoms with Gasteiger partial charge < -0.3 is 15.2 Å². The van der Waals surface area contributed by atoms with E-state index < -0.39 is 0 Å². The molecule has 4 nitrogen and oxygen atoms in total. The monoisotopic (exact) mass is 202 g/mol. The van der Waals surface area contributed by atoms with Gasteiger partial charge in [0.2, 0.25) is 0 Å². The SMILES string of the molecule is COCC(O)CN(C)C1CCCNC1. The van der Waals surface area contributed by atoms with Crippen LogP contribution in [0.2, 0.25) is 0 Å². The van der Waals surface area contributed by atoms with Crippen LogP contribution in [-0.4, -0.2) is 62.6 Å². The summed E-state index contributed by atoms with van der Waals surface area (Å²) in [6.07, 6.45) is 2.09. The van der Waals surface area contributed by atoms with Gasteiger partial charge in [0.05, 0.1) is 12.7 Å². The van der Waals surface area contributed by atoms with Gasteiger partial charge in [0, 0.05) is 26.2 Å². The van der Waals surface area contributed by atoms with Gasteiger partial charge in [0.15, 0.2) is 0 Å². The molecule has 0 aromatic rings. The smallest absolute Gasteiger partial charge is 0.0900 e. The van der Waals surface area contributed by atoms with Crippen molar-refractivity contribution in [2.24, 2.45) is 0 Å². The minimum absolute atomic E-state index is 0.369. The van der Waals surface area contributed by atoms with Crippen LogP contribution in [0.1, 0.15) is 12.8 Å². The number of piperidine rings is 1. The van der Waals surface area contributed by atoms with E-state index in [4.69, 9.17) is 4.74 Å². The van der Waals surface area contributed by atoms with Crippen LogP contribution in [0.5, 0.6) is 0 Å². The highest BCUT2D eigenvalue weighted by Gasteiger charge is 2.19. The zero-order chi connectivity index (χ0) is 10.4. The maximum atomic E-state index is 9.56. The molecular weight excluding hydrogens is 180 g/mol. The van der Waals surface area contributed by atoms with Gasteiger partial charge in [-0.2, -0.15) is 0 Å². The molecule has 84 valence electrons. The summed E-state index contributed by atoms with van der Waals surface area (Å²) in [4.78, 5) is 2.22. The predicted octanol–water partition coefficient (Wildman–Crippen LogP) is -0.322. The Hall–Kier alpha value is -0.160. The summed E-state index contributed by atoms with van der Waals surface area (Å²) in [5, 5.41) is 12.9. The maximum absolute atomic E-state index is 9.56. The molecule has 2 unspecified atom stereocenters. The Morgan fingerprint density at radius 3 is 3.00 bits per heavy atom. The summed E-state index contributed by atoms with van der Waals surface area (Å²) in [7, 11) is 3.68. The predicted molar refractivity (Wildman–Crippen MR) is 56.4 cm³/mol. The van der Waals surface area contributed by atoms with Gasteiger partial charge in [0.1, 0.15) is 0 Å². The van der Waals surface area contributed by atoms with Gasteiger partial charge >= 0.3 is 0 Å². The molecule has 0 bridgehead atoms. The third-order valence-corrected chi connectivity index (χ3v) is 2.75. The molecule has 2 N–H and O–H groups in total. The average molecular weight is 202 g/mol. The van der Waals surface area contributed by atoms with Crippen molar-refractivity contribution in [3.8, 4) is 0 Å². The molecule has 1 saturated heterocycles. The first-order chi connectivity index (χ1) is 6.74. The molecule has 1 fully saturated rings. The van der Waals surface area contributed by atoms with Crippen LogP contribution < -0.4 is 5.32 Å². The van der Waals surface area contributed by atoms with Crippen molar-refractivity contribution in [3.05, 3.63) is 0 Å². The largest absolute Gasteiger partial charge is 0.389 e. The van der Waals surface area contributed by atoms with E-state index in [1.165, 1.54) is 12.8 Å². The van der Waals surface area contributed by atoms with Gasteiger partial charge in [-0.15, -0.1) is 0 Å². The minimum atomic E-state index is -0.369. The molecule has 0 aliphatic carbocycles. The van der Waals surface area contributed by atoms with Crippen LogP contribution in [0.15, 0.2) is 0 Å². The fraction of sp³-hybridized carbons (Fsp3) is 1.00. The van der Waals surface area contributed by atoms with E-state index >= 15 is 0 Å². The van der Waals surface area contributed by atoms with E-state index in [1.54, 1.807) is 7.11 Å². The van der Waals surface area contributed by atoms with E-state index in [2.05, 4.69) is 17.3 Å². The van der Waals surface area contributed by atoms with Crippen LogP contribution in [-0.2, 0) is 4.74 Å². The van der Waals surface area contributed by atoms with E-state index in [0.717, 1.165) is 13.1 Å². The summed E-state index contributed by atoms with van der Waals surface area (Å²) in [5.74, 6) is 0. The zero-order valence-corrected chi connectivity index (χ0v) is 9.20. The standard InChI is InChI=1S/C10H22N2O2/c1-12(7-10(13)8-14-2)9-4-3-5-11-6-9/h9-11,13H,3-8H2,1-2H3. The van der Waals surface area contributed by atoms with Gasteiger partial charge in [-0.25, -0.2) is 0 Å². The highest BCUT2D eigenvalue weighted by Crippen LogP contribution is 2.08. The second-order valence-corrected chi connectivity index (χ2v) is 4.05. The van der Waals surface area contributed by atoms with Crippen molar-refractivity contribution in [2.45, 2.75) is 25.0 Å². The third-order valence-electron chi connectivity index (χ3n) is 2.75. The quantitative estimate of drug-likeness (QED) is 0.641. The number of ether oxygens (including phenoxy) is 1. The van der Waals surface area contributed by atoms with Crippen molar-refractivity contribution in [1.82, 2.24) is 10.2 Å². The van der Waals surface area contributed by atoms with Crippen LogP contribution in [0.3, 0.4) is 0 Å². The van der Waals surface area contributed by atoms with Gasteiger partial charge in [-0.1, -0.05) is 0 Å². The lowest BCUT2D eigenvalue weighted by atomic mass is 10.1. The summed E-state index contributed by atoms with van der Waals surface area (Å²) < 4.78 is 4.90. The fourth-order valence-electron chi connectivity index (χ4n) is 1.94. The van der Waals surface area contributed by atoms with E-state index in [9.17, 15) is 5.11 Å². The van der Waals surface area contributed by atoms with E-state index in [1.807, 2.05) is 0 Å². The van der Waals surface area contributed by atoms with Crippen LogP contribution in [0.25, 0.3) is 0 Å². The lowest BCUT2D eigenvalue weighted by Gasteiger charge is -2.32. The number of aliphatic hydroxyl groups excluding tert-OH is 1. The Kier molecular flexibility index (Phi) is 5.40. The highest BCUT2D eigenvalue weighted by molar-refractivity contribution is 4.77. The third kappa shape index (κ3) is 3.92. The Labute approximate surface area is 86.2 Å². The number of likely N-dealkylation sites (N-methyl/N-ethyl adjacent to an activating group) is 1. The van der Waals surface area contributed by atoms with Crippen molar-refractivity contribution in [1.29, 1.82) is 0 Å². The number of rotatable bonds is 5. The minimum Gasteiger partial charge on any atom is -0.389 e. The summed E-state index contributed by atoms with van der Waals surface area (Å²) in [6, 6.07) is 0.565. The van der Waals surface area contributed by atoms with Gasteiger partial charge in [0.25, 0.3) is 0 Å². The molecule has 1 aliphatic rings. The lowest BCUT2D eigenvalue weighted by Crippen LogP contribution is -2.47. The Morgan fingerprint density at radius 2 is 2.43 bits per heavy atom.